The van der Waals surface area contributed by atoms with Gasteiger partial charge >= 0.3 is 0 Å². The van der Waals surface area contributed by atoms with E-state index >= 15 is 0 Å². The van der Waals surface area contributed by atoms with Crippen LogP contribution in [0, 0.1) is 5.82 Å². The van der Waals surface area contributed by atoms with Crippen LogP contribution in [0.3, 0.4) is 0 Å². The Labute approximate surface area is 145 Å². The molecule has 0 unspecified atom stereocenters. The fourth-order valence-corrected chi connectivity index (χ4v) is 3.82. The molecule has 0 spiro atoms. The van der Waals surface area contributed by atoms with E-state index in [2.05, 4.69) is 27.1 Å². The van der Waals surface area contributed by atoms with Crippen LogP contribution in [0.5, 0.6) is 0 Å². The smallest absolute Gasteiger partial charge is 0.164 e. The Kier molecular flexibility index (Phi) is 5.26. The van der Waals surface area contributed by atoms with Crippen molar-refractivity contribution in [3.8, 4) is 0 Å². The molecule has 1 fully saturated rings. The van der Waals surface area contributed by atoms with Crippen LogP contribution in [-0.2, 0) is 13.0 Å². The molecule has 2 heterocycles. The van der Waals surface area contributed by atoms with Crippen molar-refractivity contribution in [3.63, 3.8) is 0 Å². The lowest BCUT2D eigenvalue weighted by molar-refractivity contribution is 0.101. The highest BCUT2D eigenvalue weighted by Gasteiger charge is 2.22. The number of hydrogen-bond donors (Lipinski definition) is 0. The molecule has 0 radical (unpaired) electrons. The van der Waals surface area contributed by atoms with Crippen molar-refractivity contribution in [2.24, 2.45) is 0 Å². The van der Waals surface area contributed by atoms with Gasteiger partial charge in [-0.25, -0.2) is 9.37 Å². The molecule has 1 aliphatic rings. The zero-order valence-corrected chi connectivity index (χ0v) is 14.9. The average Bonchev–Trinajstić information content (AvgIpc) is 3.02. The van der Waals surface area contributed by atoms with E-state index in [-0.39, 0.29) is 11.3 Å². The summed E-state index contributed by atoms with van der Waals surface area (Å²) < 4.78 is 14.0. The maximum absolute atomic E-state index is 14.0. The highest BCUT2D eigenvalue weighted by molar-refractivity contribution is 7.09. The number of carbonyl (C=O) groups excluding carboxylic acids is 1. The lowest BCUT2D eigenvalue weighted by Gasteiger charge is -2.36. The molecule has 128 valence electrons. The topological polar surface area (TPSA) is 36.4 Å². The van der Waals surface area contributed by atoms with Gasteiger partial charge in [-0.2, -0.15) is 0 Å². The molecule has 24 heavy (non-hydrogen) atoms. The van der Waals surface area contributed by atoms with Crippen molar-refractivity contribution >= 4 is 22.8 Å². The normalized spacial score (nSPS) is 15.7. The zero-order valence-electron chi connectivity index (χ0n) is 14.1. The number of ketones is 1. The van der Waals surface area contributed by atoms with Crippen LogP contribution < -0.4 is 4.90 Å². The van der Waals surface area contributed by atoms with Gasteiger partial charge in [-0.05, 0) is 25.5 Å². The SMILES string of the molecule is CCc1nc(CN2CCN(c3cccc(F)c3C(C)=O)CC2)cs1. The zero-order chi connectivity index (χ0) is 17.1. The fourth-order valence-electron chi connectivity index (χ4n) is 3.08. The first-order valence-corrected chi connectivity index (χ1v) is 9.16. The Morgan fingerprint density at radius 2 is 2.04 bits per heavy atom. The molecule has 4 nitrogen and oxygen atoms in total. The van der Waals surface area contributed by atoms with Gasteiger partial charge in [0, 0.05) is 38.1 Å². The number of aryl methyl sites for hydroxylation is 1. The second kappa shape index (κ2) is 7.40. The summed E-state index contributed by atoms with van der Waals surface area (Å²) >= 11 is 1.71. The van der Waals surface area contributed by atoms with E-state index in [0.717, 1.165) is 44.8 Å². The molecule has 0 saturated carbocycles. The van der Waals surface area contributed by atoms with Crippen LogP contribution in [0.15, 0.2) is 23.6 Å². The number of benzene rings is 1. The molecule has 1 saturated heterocycles. The van der Waals surface area contributed by atoms with Crippen molar-refractivity contribution < 1.29 is 9.18 Å². The molecule has 0 amide bonds. The number of hydrogen-bond acceptors (Lipinski definition) is 5. The summed E-state index contributed by atoms with van der Waals surface area (Å²) in [5.41, 5.74) is 2.04. The number of rotatable bonds is 5. The summed E-state index contributed by atoms with van der Waals surface area (Å²) in [4.78, 5) is 20.9. The van der Waals surface area contributed by atoms with E-state index in [1.165, 1.54) is 18.0 Å². The quantitative estimate of drug-likeness (QED) is 0.777. The molecule has 1 aromatic heterocycles. The maximum Gasteiger partial charge on any atom is 0.164 e. The average molecular weight is 347 g/mol. The number of halogens is 1. The van der Waals surface area contributed by atoms with E-state index < -0.39 is 5.82 Å². The van der Waals surface area contributed by atoms with Crippen LogP contribution in [-0.4, -0.2) is 41.8 Å². The largest absolute Gasteiger partial charge is 0.368 e. The Morgan fingerprint density at radius 1 is 1.29 bits per heavy atom. The molecule has 0 N–H and O–H groups in total. The third kappa shape index (κ3) is 3.65. The lowest BCUT2D eigenvalue weighted by Crippen LogP contribution is -2.46. The number of Topliss-reactive ketones (excluding diaryl/α,β-unsaturated/α-hetero) is 1. The monoisotopic (exact) mass is 347 g/mol. The van der Waals surface area contributed by atoms with E-state index in [1.807, 2.05) is 6.07 Å². The maximum atomic E-state index is 14.0. The first-order chi connectivity index (χ1) is 11.6. The van der Waals surface area contributed by atoms with Gasteiger partial charge in [0.25, 0.3) is 0 Å². The lowest BCUT2D eigenvalue weighted by atomic mass is 10.1. The van der Waals surface area contributed by atoms with Crippen molar-refractivity contribution in [1.82, 2.24) is 9.88 Å². The summed E-state index contributed by atoms with van der Waals surface area (Å²) in [6.07, 6.45) is 0.978. The summed E-state index contributed by atoms with van der Waals surface area (Å²) in [7, 11) is 0. The minimum atomic E-state index is -0.433. The first kappa shape index (κ1) is 17.0. The van der Waals surface area contributed by atoms with Crippen molar-refractivity contribution in [2.45, 2.75) is 26.8 Å². The molecule has 1 aliphatic heterocycles. The van der Waals surface area contributed by atoms with Gasteiger partial charge in [-0.3, -0.25) is 9.69 Å². The van der Waals surface area contributed by atoms with Crippen LogP contribution in [0.2, 0.25) is 0 Å². The number of aromatic nitrogens is 1. The second-order valence-corrected chi connectivity index (χ2v) is 6.98. The van der Waals surface area contributed by atoms with E-state index in [1.54, 1.807) is 17.4 Å². The van der Waals surface area contributed by atoms with Gasteiger partial charge in [-0.1, -0.05) is 13.0 Å². The van der Waals surface area contributed by atoms with Crippen LogP contribution in [0.25, 0.3) is 0 Å². The Balaban J connectivity index is 1.65. The highest BCUT2D eigenvalue weighted by atomic mass is 32.1. The van der Waals surface area contributed by atoms with Gasteiger partial charge in [0.15, 0.2) is 5.78 Å². The van der Waals surface area contributed by atoms with E-state index in [4.69, 9.17) is 0 Å². The molecule has 3 rings (SSSR count). The van der Waals surface area contributed by atoms with Gasteiger partial charge in [-0.15, -0.1) is 11.3 Å². The van der Waals surface area contributed by atoms with Gasteiger partial charge < -0.3 is 4.90 Å². The number of nitrogens with zero attached hydrogens (tertiary/aromatic N) is 3. The summed E-state index contributed by atoms with van der Waals surface area (Å²) in [5, 5.41) is 3.31. The number of thiazole rings is 1. The summed E-state index contributed by atoms with van der Waals surface area (Å²) in [6, 6.07) is 4.86. The van der Waals surface area contributed by atoms with E-state index in [9.17, 15) is 9.18 Å². The summed E-state index contributed by atoms with van der Waals surface area (Å²) in [5.74, 6) is -0.655. The predicted molar refractivity (Wildman–Crippen MR) is 95.4 cm³/mol. The third-order valence-electron chi connectivity index (χ3n) is 4.34. The molecule has 0 bridgehead atoms. The van der Waals surface area contributed by atoms with E-state index in [0.29, 0.717) is 5.69 Å². The van der Waals surface area contributed by atoms with Gasteiger partial charge in [0.1, 0.15) is 5.82 Å². The van der Waals surface area contributed by atoms with Crippen molar-refractivity contribution in [1.29, 1.82) is 0 Å². The number of piperazine rings is 1. The van der Waals surface area contributed by atoms with Gasteiger partial charge in [0.05, 0.1) is 22.0 Å². The van der Waals surface area contributed by atoms with Crippen LogP contribution >= 0.6 is 11.3 Å². The Morgan fingerprint density at radius 3 is 2.67 bits per heavy atom. The first-order valence-electron chi connectivity index (χ1n) is 8.28. The molecule has 0 aliphatic carbocycles. The fraction of sp³-hybridized carbons (Fsp3) is 0.444. The van der Waals surface area contributed by atoms with Gasteiger partial charge in [0.2, 0.25) is 0 Å². The molecular formula is C18H22FN3OS. The minimum absolute atomic E-state index is 0.207. The predicted octanol–water partition coefficient (Wildman–Crippen LogP) is 3.37. The number of carbonyl (C=O) groups is 1. The Bertz CT molecular complexity index is 723. The highest BCUT2D eigenvalue weighted by Crippen LogP contribution is 2.25. The number of anilines is 1. The van der Waals surface area contributed by atoms with Crippen molar-refractivity contribution in [3.05, 3.63) is 45.7 Å². The summed E-state index contributed by atoms with van der Waals surface area (Å²) in [6.45, 7) is 7.73. The molecular weight excluding hydrogens is 325 g/mol. The molecule has 2 aromatic rings. The Hall–Kier alpha value is -1.79. The van der Waals surface area contributed by atoms with Crippen LogP contribution in [0.4, 0.5) is 10.1 Å². The second-order valence-electron chi connectivity index (χ2n) is 6.04. The van der Waals surface area contributed by atoms with Crippen molar-refractivity contribution in [2.75, 3.05) is 31.1 Å². The minimum Gasteiger partial charge on any atom is -0.368 e. The van der Waals surface area contributed by atoms with Crippen LogP contribution in [0.1, 0.15) is 34.9 Å². The molecule has 0 atom stereocenters. The third-order valence-corrected chi connectivity index (χ3v) is 5.39. The molecule has 1 aromatic carbocycles. The standard InChI is InChI=1S/C18H22FN3OS/c1-3-17-20-14(12-24-17)11-21-7-9-22(10-8-21)16-6-4-5-15(19)18(16)13(2)23/h4-6,12H,3,7-11H2,1-2H3. The molecule has 6 heteroatoms.